The quantitative estimate of drug-likeness (QED) is 0.819. The number of carbonyl (C=O) groups is 1. The molecule has 0 aliphatic carbocycles. The number of nitrogens with zero attached hydrogens (tertiary/aromatic N) is 1. The van der Waals surface area contributed by atoms with Crippen LogP contribution in [0, 0.1) is 12.8 Å². The highest BCUT2D eigenvalue weighted by atomic mass is 16.1. The van der Waals surface area contributed by atoms with Gasteiger partial charge < -0.3 is 10.6 Å². The minimum absolute atomic E-state index is 0.108. The molecule has 0 bridgehead atoms. The Kier molecular flexibility index (Phi) is 3.74. The molecule has 2 atom stereocenters. The molecule has 1 saturated heterocycles. The largest absolute Gasteiger partial charge is 0.352 e. The Morgan fingerprint density at radius 2 is 2.47 bits per heavy atom. The van der Waals surface area contributed by atoms with E-state index in [1.807, 2.05) is 19.2 Å². The molecule has 2 unspecified atom stereocenters. The lowest BCUT2D eigenvalue weighted by Gasteiger charge is -2.15. The maximum atomic E-state index is 12.0. The zero-order valence-corrected chi connectivity index (χ0v) is 10.4. The summed E-state index contributed by atoms with van der Waals surface area (Å²) in [5, 5.41) is 6.29. The molecular formula is C13H19N3O. The molecule has 2 rings (SSSR count). The normalized spacial score (nSPS) is 23.6. The average Bonchev–Trinajstić information content (AvgIpc) is 2.74. The van der Waals surface area contributed by atoms with E-state index in [1.165, 1.54) is 0 Å². The lowest BCUT2D eigenvalue weighted by Crippen LogP contribution is -2.36. The second-order valence-corrected chi connectivity index (χ2v) is 4.66. The summed E-state index contributed by atoms with van der Waals surface area (Å²) in [6.45, 7) is 5.60. The Labute approximate surface area is 102 Å². The highest BCUT2D eigenvalue weighted by Gasteiger charge is 2.28. The van der Waals surface area contributed by atoms with Crippen LogP contribution in [0.1, 0.15) is 24.5 Å². The number of hydrogen-bond acceptors (Lipinski definition) is 3. The summed E-state index contributed by atoms with van der Waals surface area (Å²) in [5.74, 6) is 0.260. The number of aromatic nitrogens is 1. The zero-order valence-electron chi connectivity index (χ0n) is 10.4. The predicted molar refractivity (Wildman–Crippen MR) is 66.4 cm³/mol. The molecule has 4 nitrogen and oxygen atoms in total. The van der Waals surface area contributed by atoms with Gasteiger partial charge in [-0.2, -0.15) is 0 Å². The van der Waals surface area contributed by atoms with Crippen LogP contribution in [0.25, 0.3) is 0 Å². The number of carbonyl (C=O) groups excluding carboxylic acids is 1. The smallest absolute Gasteiger partial charge is 0.224 e. The van der Waals surface area contributed by atoms with Gasteiger partial charge >= 0.3 is 0 Å². The van der Waals surface area contributed by atoms with E-state index >= 15 is 0 Å². The van der Waals surface area contributed by atoms with Gasteiger partial charge in [0, 0.05) is 25.0 Å². The summed E-state index contributed by atoms with van der Waals surface area (Å²) in [7, 11) is 0. The van der Waals surface area contributed by atoms with Crippen molar-refractivity contribution in [2.45, 2.75) is 32.9 Å². The summed E-state index contributed by atoms with van der Waals surface area (Å²) >= 11 is 0. The molecule has 2 heterocycles. The van der Waals surface area contributed by atoms with Gasteiger partial charge in [0.2, 0.25) is 5.91 Å². The van der Waals surface area contributed by atoms with Crippen LogP contribution in [0.4, 0.5) is 0 Å². The van der Waals surface area contributed by atoms with E-state index < -0.39 is 0 Å². The maximum absolute atomic E-state index is 12.0. The fourth-order valence-corrected chi connectivity index (χ4v) is 2.23. The second-order valence-electron chi connectivity index (χ2n) is 4.66. The van der Waals surface area contributed by atoms with Crippen molar-refractivity contribution in [2.75, 3.05) is 6.54 Å². The number of amides is 1. The van der Waals surface area contributed by atoms with E-state index in [9.17, 15) is 4.79 Å². The zero-order chi connectivity index (χ0) is 12.3. The first kappa shape index (κ1) is 12.0. The molecule has 1 aliphatic rings. The highest BCUT2D eigenvalue weighted by Crippen LogP contribution is 2.15. The van der Waals surface area contributed by atoms with Crippen LogP contribution < -0.4 is 10.6 Å². The first-order valence-corrected chi connectivity index (χ1v) is 6.09. The Morgan fingerprint density at radius 1 is 1.65 bits per heavy atom. The maximum Gasteiger partial charge on any atom is 0.224 e. The molecule has 1 aromatic heterocycles. The van der Waals surface area contributed by atoms with E-state index in [1.54, 1.807) is 6.20 Å². The van der Waals surface area contributed by atoms with Crippen molar-refractivity contribution in [3.05, 3.63) is 29.6 Å². The minimum atomic E-state index is 0.108. The van der Waals surface area contributed by atoms with Gasteiger partial charge in [-0.05, 0) is 44.0 Å². The summed E-state index contributed by atoms with van der Waals surface area (Å²) in [6.07, 6.45) is 4.51. The van der Waals surface area contributed by atoms with Gasteiger partial charge in [-0.25, -0.2) is 0 Å². The van der Waals surface area contributed by atoms with Crippen LogP contribution in [0.5, 0.6) is 0 Å². The second kappa shape index (κ2) is 5.27. The summed E-state index contributed by atoms with van der Waals surface area (Å²) in [5.41, 5.74) is 2.25. The fraction of sp³-hybridized carbons (Fsp3) is 0.538. The monoisotopic (exact) mass is 233 g/mol. The number of pyridine rings is 1. The number of aryl methyl sites for hydroxylation is 1. The molecule has 0 spiro atoms. The standard InChI is InChI=1S/C13H19N3O/c1-9-7-14-5-3-11(9)8-16-13(17)12-4-6-15-10(12)2/h3,5,7,10,12,15H,4,6,8H2,1-2H3,(H,16,17). The van der Waals surface area contributed by atoms with Crippen LogP contribution in [0.2, 0.25) is 0 Å². The van der Waals surface area contributed by atoms with Crippen molar-refractivity contribution in [1.82, 2.24) is 15.6 Å². The topological polar surface area (TPSA) is 54.0 Å². The molecule has 0 saturated carbocycles. The van der Waals surface area contributed by atoms with Crippen molar-refractivity contribution >= 4 is 5.91 Å². The van der Waals surface area contributed by atoms with E-state index in [0.717, 1.165) is 24.1 Å². The summed E-state index contributed by atoms with van der Waals surface area (Å²) in [4.78, 5) is 16.0. The molecule has 92 valence electrons. The number of rotatable bonds is 3. The molecule has 17 heavy (non-hydrogen) atoms. The van der Waals surface area contributed by atoms with Gasteiger partial charge in [-0.3, -0.25) is 9.78 Å². The van der Waals surface area contributed by atoms with Crippen LogP contribution >= 0.6 is 0 Å². The Hall–Kier alpha value is -1.42. The van der Waals surface area contributed by atoms with Crippen LogP contribution in [0.15, 0.2) is 18.5 Å². The molecule has 4 heteroatoms. The van der Waals surface area contributed by atoms with Gasteiger partial charge in [0.1, 0.15) is 0 Å². The molecule has 1 aromatic rings. The first-order chi connectivity index (χ1) is 8.18. The predicted octanol–water partition coefficient (Wildman–Crippen LogP) is 1.00. The average molecular weight is 233 g/mol. The summed E-state index contributed by atoms with van der Waals surface area (Å²) in [6, 6.07) is 2.24. The SMILES string of the molecule is Cc1cnccc1CNC(=O)C1CCNC1C. The third-order valence-electron chi connectivity index (χ3n) is 3.45. The van der Waals surface area contributed by atoms with Crippen LogP contribution in [0.3, 0.4) is 0 Å². The molecule has 1 amide bonds. The highest BCUT2D eigenvalue weighted by molar-refractivity contribution is 5.79. The number of hydrogen-bond donors (Lipinski definition) is 2. The van der Waals surface area contributed by atoms with Gasteiger partial charge in [0.05, 0.1) is 5.92 Å². The third kappa shape index (κ3) is 2.82. The molecule has 1 aliphatic heterocycles. The van der Waals surface area contributed by atoms with Crippen LogP contribution in [-0.4, -0.2) is 23.5 Å². The van der Waals surface area contributed by atoms with Gasteiger partial charge in [0.25, 0.3) is 0 Å². The van der Waals surface area contributed by atoms with Crippen molar-refractivity contribution in [2.24, 2.45) is 5.92 Å². The van der Waals surface area contributed by atoms with Crippen LogP contribution in [-0.2, 0) is 11.3 Å². The van der Waals surface area contributed by atoms with Gasteiger partial charge in [-0.1, -0.05) is 0 Å². The third-order valence-corrected chi connectivity index (χ3v) is 3.45. The molecule has 1 fully saturated rings. The van der Waals surface area contributed by atoms with E-state index in [2.05, 4.69) is 22.5 Å². The fourth-order valence-electron chi connectivity index (χ4n) is 2.23. The lowest BCUT2D eigenvalue weighted by atomic mass is 10.0. The van der Waals surface area contributed by atoms with E-state index in [4.69, 9.17) is 0 Å². The Bertz CT molecular complexity index is 405. The first-order valence-electron chi connectivity index (χ1n) is 6.09. The summed E-state index contributed by atoms with van der Waals surface area (Å²) < 4.78 is 0. The molecular weight excluding hydrogens is 214 g/mol. The van der Waals surface area contributed by atoms with Gasteiger partial charge in [-0.15, -0.1) is 0 Å². The lowest BCUT2D eigenvalue weighted by molar-refractivity contribution is -0.125. The van der Waals surface area contributed by atoms with Crippen molar-refractivity contribution in [1.29, 1.82) is 0 Å². The molecule has 0 aromatic carbocycles. The minimum Gasteiger partial charge on any atom is -0.352 e. The van der Waals surface area contributed by atoms with Gasteiger partial charge in [0.15, 0.2) is 0 Å². The Morgan fingerprint density at radius 3 is 3.12 bits per heavy atom. The number of nitrogens with one attached hydrogen (secondary N) is 2. The van der Waals surface area contributed by atoms with Crippen molar-refractivity contribution in [3.63, 3.8) is 0 Å². The van der Waals surface area contributed by atoms with E-state index in [0.29, 0.717) is 6.54 Å². The molecule has 0 radical (unpaired) electrons. The van der Waals surface area contributed by atoms with Crippen molar-refractivity contribution < 1.29 is 4.79 Å². The Balaban J connectivity index is 1.90. The van der Waals surface area contributed by atoms with E-state index in [-0.39, 0.29) is 17.9 Å². The molecule has 2 N–H and O–H groups in total. The van der Waals surface area contributed by atoms with Crippen molar-refractivity contribution in [3.8, 4) is 0 Å².